The molecule has 0 aliphatic carbocycles. The molecule has 218 valence electrons. The van der Waals surface area contributed by atoms with Crippen LogP contribution in [0.2, 0.25) is 5.02 Å². The van der Waals surface area contributed by atoms with E-state index < -0.39 is 11.6 Å². The maximum absolute atomic E-state index is 11.6. The Morgan fingerprint density at radius 3 is 2.57 bits per heavy atom. The van der Waals surface area contributed by atoms with E-state index in [0.717, 1.165) is 61.8 Å². The first-order valence-electron chi connectivity index (χ1n) is 14.5. The predicted molar refractivity (Wildman–Crippen MR) is 157 cm³/mol. The smallest absolute Gasteiger partial charge is 0.354 e. The molecule has 3 aliphatic heterocycles. The zero-order valence-corrected chi connectivity index (χ0v) is 24.2. The van der Waals surface area contributed by atoms with Gasteiger partial charge in [0.25, 0.3) is 0 Å². The molecule has 0 amide bonds. The zero-order chi connectivity index (χ0) is 28.8. The van der Waals surface area contributed by atoms with Gasteiger partial charge in [0.2, 0.25) is 0 Å². The van der Waals surface area contributed by atoms with Crippen molar-refractivity contribution >= 4 is 28.7 Å². The van der Waals surface area contributed by atoms with E-state index in [1.165, 1.54) is 11.6 Å². The lowest BCUT2D eigenvalue weighted by Crippen LogP contribution is -2.40. The summed E-state index contributed by atoms with van der Waals surface area (Å²) in [4.78, 5) is 23.3. The minimum absolute atomic E-state index is 0.0245. The molecule has 1 N–H and O–H groups in total. The summed E-state index contributed by atoms with van der Waals surface area (Å²) >= 11 is 6.10. The van der Waals surface area contributed by atoms with E-state index in [1.54, 1.807) is 6.07 Å². The second kappa shape index (κ2) is 10.9. The molecule has 2 aromatic carbocycles. The van der Waals surface area contributed by atoms with E-state index in [9.17, 15) is 9.90 Å². The molecule has 10 heteroatoms. The third kappa shape index (κ3) is 5.10. The quantitative estimate of drug-likeness (QED) is 0.296. The summed E-state index contributed by atoms with van der Waals surface area (Å²) in [5.74, 6) is 1.84. The van der Waals surface area contributed by atoms with Crippen molar-refractivity contribution in [3.8, 4) is 11.5 Å². The van der Waals surface area contributed by atoms with Gasteiger partial charge in [-0.05, 0) is 81.1 Å². The van der Waals surface area contributed by atoms with E-state index in [4.69, 9.17) is 30.8 Å². The molecule has 0 saturated carbocycles. The van der Waals surface area contributed by atoms with E-state index in [2.05, 4.69) is 22.0 Å². The zero-order valence-electron chi connectivity index (χ0n) is 23.5. The number of carbonyl (C=O) groups is 1. The largest absolute Gasteiger partial charge is 0.485 e. The molecule has 2 atom stereocenters. The van der Waals surface area contributed by atoms with Crippen LogP contribution in [-0.4, -0.2) is 62.9 Å². The molecule has 1 unspecified atom stereocenters. The topological polar surface area (TPSA) is 98.9 Å². The first-order chi connectivity index (χ1) is 20.4. The van der Waals surface area contributed by atoms with Gasteiger partial charge in [-0.1, -0.05) is 35.9 Å². The molecule has 5 heterocycles. The van der Waals surface area contributed by atoms with Crippen molar-refractivity contribution in [3.63, 3.8) is 0 Å². The number of nitrogens with zero attached hydrogens (tertiary/aromatic N) is 4. The molecule has 42 heavy (non-hydrogen) atoms. The summed E-state index contributed by atoms with van der Waals surface area (Å²) < 4.78 is 20.7. The van der Waals surface area contributed by atoms with E-state index in [-0.39, 0.29) is 11.8 Å². The van der Waals surface area contributed by atoms with Crippen LogP contribution in [0, 0.1) is 0 Å². The number of ether oxygens (including phenoxy) is 3. The van der Waals surface area contributed by atoms with Crippen LogP contribution in [0.5, 0.6) is 11.5 Å². The first kappa shape index (κ1) is 27.2. The number of aromatic nitrogens is 3. The summed E-state index contributed by atoms with van der Waals surface area (Å²) in [7, 11) is 0. The number of pyridine rings is 1. The van der Waals surface area contributed by atoms with E-state index in [0.29, 0.717) is 41.8 Å². The second-order valence-electron chi connectivity index (χ2n) is 11.6. The first-order valence-corrected chi connectivity index (χ1v) is 14.9. The molecule has 9 nitrogen and oxygen atoms in total. The van der Waals surface area contributed by atoms with Gasteiger partial charge in [-0.3, -0.25) is 4.90 Å². The lowest BCUT2D eigenvalue weighted by atomic mass is 9.88. The lowest BCUT2D eigenvalue weighted by molar-refractivity contribution is -0.0593. The van der Waals surface area contributed by atoms with Crippen LogP contribution >= 0.6 is 11.6 Å². The summed E-state index contributed by atoms with van der Waals surface area (Å²) in [6.07, 6.45) is 3.06. The Hall–Kier alpha value is -3.66. The third-order valence-electron chi connectivity index (χ3n) is 8.75. The summed E-state index contributed by atoms with van der Waals surface area (Å²) in [6.45, 7) is 6.35. The molecule has 2 aromatic heterocycles. The number of halogens is 1. The normalized spacial score (nSPS) is 22.7. The number of imidazole rings is 1. The van der Waals surface area contributed by atoms with Gasteiger partial charge in [-0.15, -0.1) is 0 Å². The Bertz CT molecular complexity index is 1630. The van der Waals surface area contributed by atoms with Gasteiger partial charge in [-0.25, -0.2) is 14.8 Å². The number of carboxylic acid groups (broad SMARTS) is 1. The molecule has 7 rings (SSSR count). The van der Waals surface area contributed by atoms with Crippen LogP contribution in [0.4, 0.5) is 0 Å². The van der Waals surface area contributed by atoms with Crippen molar-refractivity contribution in [1.29, 1.82) is 0 Å². The predicted octanol–water partition coefficient (Wildman–Crippen LogP) is 5.64. The molecule has 2 saturated heterocycles. The SMILES string of the molecule is CC1(c2ccc(Cl)cc2)COc2c(cccc2C2CCN(Cc3nc4ccc(C(=O)O)nc4n3C[C@@H]3CCO3)CC2)O1. The number of piperidine rings is 1. The summed E-state index contributed by atoms with van der Waals surface area (Å²) in [5.41, 5.74) is 2.98. The van der Waals surface area contributed by atoms with Crippen molar-refractivity contribution in [2.45, 2.75) is 56.9 Å². The Kier molecular flexibility index (Phi) is 7.04. The van der Waals surface area contributed by atoms with E-state index >= 15 is 0 Å². The Morgan fingerprint density at radius 2 is 1.86 bits per heavy atom. The van der Waals surface area contributed by atoms with Crippen LogP contribution < -0.4 is 9.47 Å². The van der Waals surface area contributed by atoms with Crippen LogP contribution in [0.15, 0.2) is 54.6 Å². The minimum atomic E-state index is -1.04. The van der Waals surface area contributed by atoms with Crippen molar-refractivity contribution in [3.05, 3.63) is 82.3 Å². The number of fused-ring (bicyclic) bond motifs is 2. The third-order valence-corrected chi connectivity index (χ3v) is 9.01. The number of benzene rings is 2. The highest BCUT2D eigenvalue weighted by Gasteiger charge is 2.37. The Labute approximate surface area is 249 Å². The highest BCUT2D eigenvalue weighted by Crippen LogP contribution is 2.46. The van der Waals surface area contributed by atoms with Crippen LogP contribution in [0.3, 0.4) is 0 Å². The average Bonchev–Trinajstić information content (AvgIpc) is 3.31. The highest BCUT2D eigenvalue weighted by molar-refractivity contribution is 6.30. The maximum Gasteiger partial charge on any atom is 0.354 e. The van der Waals surface area contributed by atoms with Gasteiger partial charge in [0.1, 0.15) is 17.9 Å². The van der Waals surface area contributed by atoms with Crippen molar-refractivity contribution in [1.82, 2.24) is 19.4 Å². The monoisotopic (exact) mass is 588 g/mol. The van der Waals surface area contributed by atoms with Gasteiger partial charge >= 0.3 is 5.97 Å². The number of rotatable bonds is 7. The maximum atomic E-state index is 11.6. The Balaban J connectivity index is 1.06. The van der Waals surface area contributed by atoms with Crippen molar-refractivity contribution in [2.75, 3.05) is 26.3 Å². The minimum Gasteiger partial charge on any atom is -0.485 e. The Morgan fingerprint density at radius 1 is 1.07 bits per heavy atom. The highest BCUT2D eigenvalue weighted by atomic mass is 35.5. The number of carboxylic acids is 1. The lowest BCUT2D eigenvalue weighted by Gasteiger charge is -2.38. The number of hydrogen-bond donors (Lipinski definition) is 1. The van der Waals surface area contributed by atoms with Gasteiger partial charge in [0.15, 0.2) is 28.4 Å². The molecule has 0 bridgehead atoms. The van der Waals surface area contributed by atoms with Gasteiger partial charge < -0.3 is 23.9 Å². The van der Waals surface area contributed by atoms with Gasteiger partial charge in [-0.2, -0.15) is 0 Å². The van der Waals surface area contributed by atoms with Crippen molar-refractivity contribution < 1.29 is 24.1 Å². The van der Waals surface area contributed by atoms with Crippen LogP contribution in [0.1, 0.15) is 59.5 Å². The molecule has 2 fully saturated rings. The second-order valence-corrected chi connectivity index (χ2v) is 12.1. The molecular weight excluding hydrogens is 556 g/mol. The fourth-order valence-electron chi connectivity index (χ4n) is 6.23. The average molecular weight is 589 g/mol. The summed E-state index contributed by atoms with van der Waals surface area (Å²) in [6, 6.07) is 17.2. The molecule has 4 aromatic rings. The standard InChI is InChI=1S/C32H33ClN4O5/c1-32(21-5-7-22(33)8-6-21)19-41-29-24(3-2-4-27(29)42-32)20-11-14-36(15-12-20)18-28-34-25-9-10-26(31(38)39)35-30(25)37(28)17-23-13-16-40-23/h2-10,20,23H,11-19H2,1H3,(H,38,39)/t23-,32?/m0/s1. The molecular formula is C32H33ClN4O5. The number of aromatic carboxylic acids is 1. The fourth-order valence-corrected chi connectivity index (χ4v) is 6.36. The molecule has 0 spiro atoms. The van der Waals surface area contributed by atoms with Crippen LogP contribution in [-0.2, 0) is 23.4 Å². The number of likely N-dealkylation sites (tertiary alicyclic amines) is 1. The van der Waals surface area contributed by atoms with Crippen molar-refractivity contribution in [2.24, 2.45) is 0 Å². The summed E-state index contributed by atoms with van der Waals surface area (Å²) in [5, 5.41) is 10.2. The molecule has 0 radical (unpaired) electrons. The van der Waals surface area contributed by atoms with Gasteiger partial charge in [0.05, 0.1) is 19.2 Å². The molecule has 3 aliphatic rings. The van der Waals surface area contributed by atoms with Crippen LogP contribution in [0.25, 0.3) is 11.2 Å². The fraction of sp³-hybridized carbons (Fsp3) is 0.406. The number of para-hydroxylation sites is 1. The van der Waals surface area contributed by atoms with E-state index in [1.807, 2.05) is 41.8 Å². The van der Waals surface area contributed by atoms with Gasteiger partial charge in [0, 0.05) is 17.2 Å². The number of hydrogen-bond acceptors (Lipinski definition) is 7.